The molecule has 140 valence electrons. The maximum Gasteiger partial charge on any atom is 0.356 e. The number of carboxylic acids is 1. The first kappa shape index (κ1) is 18.5. The second-order valence-electron chi connectivity index (χ2n) is 6.33. The average molecular weight is 368 g/mol. The summed E-state index contributed by atoms with van der Waals surface area (Å²) >= 11 is 0. The summed E-state index contributed by atoms with van der Waals surface area (Å²) in [5.74, 6) is -1.49. The van der Waals surface area contributed by atoms with Crippen LogP contribution in [-0.2, 0) is 11.2 Å². The van der Waals surface area contributed by atoms with Crippen LogP contribution in [0.5, 0.6) is 0 Å². The lowest BCUT2D eigenvalue weighted by Gasteiger charge is -2.15. The Balaban J connectivity index is 1.53. The van der Waals surface area contributed by atoms with Crippen molar-refractivity contribution in [3.8, 4) is 0 Å². The summed E-state index contributed by atoms with van der Waals surface area (Å²) in [5, 5.41) is 11.5. The van der Waals surface area contributed by atoms with Gasteiger partial charge in [0.15, 0.2) is 5.69 Å². The smallest absolute Gasteiger partial charge is 0.356 e. The standard InChI is InChI=1S/C19H20N4O4/c24-17(23-9-1-2-10-23)8-5-13-3-6-14(7-4-13)22-18(25)15-11-21-16(12-20-15)19(26)27/h3-4,6-7,11-12H,1-2,5,8-10H2,(H,22,25)(H,26,27). The van der Waals surface area contributed by atoms with Crippen molar-refractivity contribution in [2.24, 2.45) is 0 Å². The van der Waals surface area contributed by atoms with Gasteiger partial charge in [-0.3, -0.25) is 9.59 Å². The molecule has 8 heteroatoms. The molecule has 0 unspecified atom stereocenters. The molecule has 1 aromatic carbocycles. The van der Waals surface area contributed by atoms with Crippen LogP contribution in [0.25, 0.3) is 0 Å². The Morgan fingerprint density at radius 2 is 1.63 bits per heavy atom. The van der Waals surface area contributed by atoms with Gasteiger partial charge < -0.3 is 15.3 Å². The number of hydrogen-bond donors (Lipinski definition) is 2. The average Bonchev–Trinajstić information content (AvgIpc) is 3.22. The van der Waals surface area contributed by atoms with Crippen molar-refractivity contribution in [1.29, 1.82) is 0 Å². The third-order valence-corrected chi connectivity index (χ3v) is 4.40. The Hall–Kier alpha value is -3.29. The molecule has 2 amide bonds. The molecule has 2 N–H and O–H groups in total. The van der Waals surface area contributed by atoms with E-state index in [1.165, 1.54) is 0 Å². The van der Waals surface area contributed by atoms with Crippen LogP contribution in [0.2, 0.25) is 0 Å². The van der Waals surface area contributed by atoms with E-state index in [1.807, 2.05) is 17.0 Å². The van der Waals surface area contributed by atoms with Gasteiger partial charge in [0.05, 0.1) is 12.4 Å². The zero-order valence-electron chi connectivity index (χ0n) is 14.7. The summed E-state index contributed by atoms with van der Waals surface area (Å²) in [4.78, 5) is 44.3. The Morgan fingerprint density at radius 1 is 1.00 bits per heavy atom. The maximum absolute atomic E-state index is 12.1. The third kappa shape index (κ3) is 4.87. The zero-order chi connectivity index (χ0) is 19.2. The predicted octanol–water partition coefficient (Wildman–Crippen LogP) is 1.98. The highest BCUT2D eigenvalue weighted by Crippen LogP contribution is 2.14. The minimum absolute atomic E-state index is 0.0280. The number of aromatic nitrogens is 2. The quantitative estimate of drug-likeness (QED) is 0.806. The van der Waals surface area contributed by atoms with Crippen LogP contribution in [0.1, 0.15) is 45.8 Å². The van der Waals surface area contributed by atoms with E-state index in [0.717, 1.165) is 43.9 Å². The minimum Gasteiger partial charge on any atom is -0.476 e. The molecule has 8 nitrogen and oxygen atoms in total. The fourth-order valence-corrected chi connectivity index (χ4v) is 2.88. The van der Waals surface area contributed by atoms with E-state index in [9.17, 15) is 14.4 Å². The third-order valence-electron chi connectivity index (χ3n) is 4.40. The molecule has 0 radical (unpaired) electrons. The molecule has 1 aliphatic heterocycles. The SMILES string of the molecule is O=C(O)c1cnc(C(=O)Nc2ccc(CCC(=O)N3CCCC3)cc2)cn1. The number of aromatic carboxylic acids is 1. The van der Waals surface area contributed by atoms with Crippen LogP contribution in [0, 0.1) is 0 Å². The molecule has 1 fully saturated rings. The van der Waals surface area contributed by atoms with Crippen LogP contribution in [0.4, 0.5) is 5.69 Å². The Labute approximate surface area is 156 Å². The largest absolute Gasteiger partial charge is 0.476 e. The molecule has 0 bridgehead atoms. The van der Waals surface area contributed by atoms with Gasteiger partial charge in [0, 0.05) is 25.2 Å². The Morgan fingerprint density at radius 3 is 2.22 bits per heavy atom. The van der Waals surface area contributed by atoms with E-state index < -0.39 is 11.9 Å². The molecule has 0 aliphatic carbocycles. The highest BCUT2D eigenvalue weighted by Gasteiger charge is 2.17. The van der Waals surface area contributed by atoms with Crippen molar-refractivity contribution in [3.05, 3.63) is 53.6 Å². The number of carbonyl (C=O) groups excluding carboxylic acids is 2. The first-order valence-corrected chi connectivity index (χ1v) is 8.76. The lowest BCUT2D eigenvalue weighted by molar-refractivity contribution is -0.130. The molecule has 1 aliphatic rings. The summed E-state index contributed by atoms with van der Waals surface area (Å²) in [5.41, 5.74) is 1.41. The van der Waals surface area contributed by atoms with E-state index in [2.05, 4.69) is 15.3 Å². The normalized spacial score (nSPS) is 13.4. The van der Waals surface area contributed by atoms with E-state index >= 15 is 0 Å². The molecule has 0 saturated carbocycles. The van der Waals surface area contributed by atoms with E-state index in [4.69, 9.17) is 5.11 Å². The summed E-state index contributed by atoms with van der Waals surface area (Å²) < 4.78 is 0. The van der Waals surface area contributed by atoms with Crippen LogP contribution in [-0.4, -0.2) is 50.8 Å². The fraction of sp³-hybridized carbons (Fsp3) is 0.316. The van der Waals surface area contributed by atoms with Gasteiger partial charge in [-0.2, -0.15) is 0 Å². The molecule has 2 aromatic rings. The second kappa shape index (κ2) is 8.39. The van der Waals surface area contributed by atoms with Crippen molar-refractivity contribution in [2.45, 2.75) is 25.7 Å². The van der Waals surface area contributed by atoms with E-state index in [1.54, 1.807) is 12.1 Å². The molecule has 27 heavy (non-hydrogen) atoms. The van der Waals surface area contributed by atoms with Crippen LogP contribution in [0.15, 0.2) is 36.7 Å². The predicted molar refractivity (Wildman–Crippen MR) is 97.5 cm³/mol. The number of benzene rings is 1. The van der Waals surface area contributed by atoms with Crippen molar-refractivity contribution < 1.29 is 19.5 Å². The number of anilines is 1. The number of hydrogen-bond acceptors (Lipinski definition) is 5. The van der Waals surface area contributed by atoms with Crippen LogP contribution in [0.3, 0.4) is 0 Å². The molecular formula is C19H20N4O4. The van der Waals surface area contributed by atoms with E-state index in [-0.39, 0.29) is 17.3 Å². The lowest BCUT2D eigenvalue weighted by atomic mass is 10.1. The summed E-state index contributed by atoms with van der Waals surface area (Å²) in [7, 11) is 0. The van der Waals surface area contributed by atoms with Gasteiger partial charge >= 0.3 is 5.97 Å². The lowest BCUT2D eigenvalue weighted by Crippen LogP contribution is -2.27. The summed E-state index contributed by atoms with van der Waals surface area (Å²) in [6, 6.07) is 7.25. The molecule has 2 heterocycles. The van der Waals surface area contributed by atoms with Gasteiger partial charge in [-0.15, -0.1) is 0 Å². The first-order valence-electron chi connectivity index (χ1n) is 8.76. The molecule has 1 aromatic heterocycles. The van der Waals surface area contributed by atoms with Gasteiger partial charge in [-0.1, -0.05) is 12.1 Å². The van der Waals surface area contributed by atoms with Gasteiger partial charge in [0.25, 0.3) is 5.91 Å². The number of rotatable bonds is 6. The molecule has 0 atom stereocenters. The number of likely N-dealkylation sites (tertiary alicyclic amines) is 1. The van der Waals surface area contributed by atoms with Gasteiger partial charge in [-0.25, -0.2) is 14.8 Å². The topological polar surface area (TPSA) is 112 Å². The molecule has 1 saturated heterocycles. The highest BCUT2D eigenvalue weighted by atomic mass is 16.4. The van der Waals surface area contributed by atoms with Gasteiger partial charge in [0.1, 0.15) is 5.69 Å². The summed E-state index contributed by atoms with van der Waals surface area (Å²) in [6.45, 7) is 1.72. The maximum atomic E-state index is 12.1. The number of aryl methyl sites for hydroxylation is 1. The molecular weight excluding hydrogens is 348 g/mol. The monoisotopic (exact) mass is 368 g/mol. The number of nitrogens with zero attached hydrogens (tertiary/aromatic N) is 3. The van der Waals surface area contributed by atoms with Crippen molar-refractivity contribution in [1.82, 2.24) is 14.9 Å². The fourth-order valence-electron chi connectivity index (χ4n) is 2.88. The van der Waals surface area contributed by atoms with E-state index in [0.29, 0.717) is 18.5 Å². The number of nitrogens with one attached hydrogen (secondary N) is 1. The molecule has 0 spiro atoms. The first-order chi connectivity index (χ1) is 13.0. The number of amides is 2. The van der Waals surface area contributed by atoms with Gasteiger partial charge in [-0.05, 0) is 37.0 Å². The molecule has 3 rings (SSSR count). The highest BCUT2D eigenvalue weighted by molar-refractivity contribution is 6.02. The van der Waals surface area contributed by atoms with Crippen molar-refractivity contribution in [3.63, 3.8) is 0 Å². The Kier molecular flexibility index (Phi) is 5.75. The minimum atomic E-state index is -1.20. The van der Waals surface area contributed by atoms with Crippen LogP contribution < -0.4 is 5.32 Å². The second-order valence-corrected chi connectivity index (χ2v) is 6.33. The zero-order valence-corrected chi connectivity index (χ0v) is 14.7. The Bertz CT molecular complexity index is 828. The van der Waals surface area contributed by atoms with Crippen molar-refractivity contribution >= 4 is 23.5 Å². The number of carboxylic acid groups (broad SMARTS) is 1. The summed E-state index contributed by atoms with van der Waals surface area (Å²) in [6.07, 6.45) is 5.48. The number of carbonyl (C=O) groups is 3. The van der Waals surface area contributed by atoms with Crippen molar-refractivity contribution in [2.75, 3.05) is 18.4 Å². The van der Waals surface area contributed by atoms with Crippen LogP contribution >= 0.6 is 0 Å². The van der Waals surface area contributed by atoms with Gasteiger partial charge in [0.2, 0.25) is 5.91 Å².